The molecule has 0 saturated heterocycles. The molecule has 55 heavy (non-hydrogen) atoms. The first kappa shape index (κ1) is 45.1. The number of aliphatic carboxylic acids is 1. The van der Waals surface area contributed by atoms with Gasteiger partial charge in [0.15, 0.2) is 0 Å². The van der Waals surface area contributed by atoms with Gasteiger partial charge < -0.3 is 53.6 Å². The summed E-state index contributed by atoms with van der Waals surface area (Å²) < 4.78 is 0. The lowest BCUT2D eigenvalue weighted by molar-refractivity contribution is -0.141. The maximum absolute atomic E-state index is 13.7. The minimum atomic E-state index is -1.72. The number of carboxylic acids is 1. The van der Waals surface area contributed by atoms with Gasteiger partial charge in [0.2, 0.25) is 41.4 Å². The molecule has 0 aromatic heterocycles. The number of carbonyl (C=O) groups is 8. The fourth-order valence-electron chi connectivity index (χ4n) is 5.23. The Balaban J connectivity index is 2.23. The number of primary amides is 1. The van der Waals surface area contributed by atoms with E-state index >= 15 is 0 Å². The number of rotatable bonds is 21. The Morgan fingerprint density at radius 3 is 1.65 bits per heavy atom. The van der Waals surface area contributed by atoms with Gasteiger partial charge in [0, 0.05) is 6.42 Å². The maximum atomic E-state index is 13.7. The Morgan fingerprint density at radius 1 is 0.600 bits per heavy atom. The third kappa shape index (κ3) is 15.5. The summed E-state index contributed by atoms with van der Waals surface area (Å²) in [6.07, 6.45) is -0.881. The van der Waals surface area contributed by atoms with Crippen LogP contribution in [0.4, 0.5) is 0 Å². The van der Waals surface area contributed by atoms with Crippen molar-refractivity contribution in [3.8, 4) is 5.75 Å². The summed E-state index contributed by atoms with van der Waals surface area (Å²) in [5.74, 6) is -8.12. The van der Waals surface area contributed by atoms with Gasteiger partial charge in [-0.3, -0.25) is 38.4 Å². The standard InChI is InChI=1S/C37H52N8O10/c1-19(2)30(36(54)40-18-28(39)47)45-37(55)31(20(3)4)44-35(53)27(17-29(48)49)43-34(52)26(16-22-9-7-6-8-10-22)42-32(50)21(5)41-33(51)25(38)15-23-11-13-24(46)14-12-23/h6-14,19-21,25-27,30-31,46H,15-18,38H2,1-5H3,(H2,39,47)(H,40,54)(H,41,51)(H,42,50)(H,43,52)(H,44,53)(H,45,55)(H,48,49)/t21-,25+,26+,27+,30+,31-/m0/s1. The van der Waals surface area contributed by atoms with Crippen molar-refractivity contribution in [2.75, 3.05) is 6.54 Å². The smallest absolute Gasteiger partial charge is 0.305 e. The molecule has 18 nitrogen and oxygen atoms in total. The van der Waals surface area contributed by atoms with E-state index in [1.807, 2.05) is 0 Å². The number of phenolic OH excluding ortho intramolecular Hbond substituents is 1. The monoisotopic (exact) mass is 768 g/mol. The maximum Gasteiger partial charge on any atom is 0.305 e. The van der Waals surface area contributed by atoms with Crippen LogP contribution >= 0.6 is 0 Å². The van der Waals surface area contributed by atoms with Gasteiger partial charge in [-0.05, 0) is 48.4 Å². The molecule has 6 atom stereocenters. The number of phenols is 1. The minimum Gasteiger partial charge on any atom is -0.508 e. The first-order valence-electron chi connectivity index (χ1n) is 17.7. The predicted molar refractivity (Wildman–Crippen MR) is 199 cm³/mol. The molecule has 0 bridgehead atoms. The lowest BCUT2D eigenvalue weighted by Crippen LogP contribution is -2.61. The van der Waals surface area contributed by atoms with Gasteiger partial charge in [0.25, 0.3) is 0 Å². The molecular formula is C37H52N8O10. The number of nitrogens with two attached hydrogens (primary N) is 2. The van der Waals surface area contributed by atoms with Crippen LogP contribution in [0.5, 0.6) is 5.75 Å². The molecule has 2 aromatic carbocycles. The van der Waals surface area contributed by atoms with Crippen molar-refractivity contribution in [3.05, 3.63) is 65.7 Å². The van der Waals surface area contributed by atoms with E-state index in [0.717, 1.165) is 0 Å². The number of amides is 7. The summed E-state index contributed by atoms with van der Waals surface area (Å²) in [7, 11) is 0. The lowest BCUT2D eigenvalue weighted by Gasteiger charge is -2.29. The molecule has 0 heterocycles. The summed E-state index contributed by atoms with van der Waals surface area (Å²) in [5, 5.41) is 33.9. The van der Waals surface area contributed by atoms with E-state index < -0.39 is 108 Å². The molecule has 0 unspecified atom stereocenters. The van der Waals surface area contributed by atoms with E-state index in [-0.39, 0.29) is 18.6 Å². The molecule has 0 aliphatic rings. The zero-order valence-electron chi connectivity index (χ0n) is 31.5. The molecule has 0 radical (unpaired) electrons. The normalized spacial score (nSPS) is 14.3. The van der Waals surface area contributed by atoms with E-state index in [4.69, 9.17) is 11.5 Å². The Hall–Kier alpha value is -6.04. The topological polar surface area (TPSA) is 301 Å². The van der Waals surface area contributed by atoms with Crippen molar-refractivity contribution in [1.82, 2.24) is 31.9 Å². The Kier molecular flexibility index (Phi) is 17.7. The largest absolute Gasteiger partial charge is 0.508 e. The predicted octanol–water partition coefficient (Wildman–Crippen LogP) is -1.66. The quantitative estimate of drug-likeness (QED) is 0.0685. The van der Waals surface area contributed by atoms with Crippen LogP contribution in [-0.2, 0) is 51.2 Å². The van der Waals surface area contributed by atoms with Gasteiger partial charge in [-0.25, -0.2) is 0 Å². The van der Waals surface area contributed by atoms with Crippen LogP contribution < -0.4 is 43.4 Å². The van der Waals surface area contributed by atoms with E-state index in [1.165, 1.54) is 19.1 Å². The van der Waals surface area contributed by atoms with Crippen LogP contribution in [0.1, 0.15) is 52.2 Å². The minimum absolute atomic E-state index is 0.0428. The second kappa shape index (κ2) is 21.6. The number of aromatic hydroxyl groups is 1. The third-order valence-electron chi connectivity index (χ3n) is 8.34. The van der Waals surface area contributed by atoms with Crippen molar-refractivity contribution in [1.29, 1.82) is 0 Å². The molecule has 0 aliphatic carbocycles. The SMILES string of the molecule is CC(C)[C@H](NC(=O)[C@@H](CC(=O)O)NC(=O)[C@@H](Cc1ccccc1)NC(=O)[C@H](C)NC(=O)[C@H](N)Cc1ccc(O)cc1)C(=O)N[C@@H](C(=O)NCC(N)=O)C(C)C. The molecule has 0 fully saturated rings. The molecule has 18 heteroatoms. The van der Waals surface area contributed by atoms with Gasteiger partial charge in [-0.15, -0.1) is 0 Å². The highest BCUT2D eigenvalue weighted by Gasteiger charge is 2.35. The van der Waals surface area contributed by atoms with E-state index in [0.29, 0.717) is 11.1 Å². The zero-order chi connectivity index (χ0) is 41.4. The van der Waals surface area contributed by atoms with Gasteiger partial charge in [-0.1, -0.05) is 70.2 Å². The second-order valence-electron chi connectivity index (χ2n) is 13.8. The fourth-order valence-corrected chi connectivity index (χ4v) is 5.23. The van der Waals surface area contributed by atoms with E-state index in [2.05, 4.69) is 31.9 Å². The molecule has 7 amide bonds. The molecule has 0 saturated carbocycles. The van der Waals surface area contributed by atoms with Crippen LogP contribution in [0, 0.1) is 11.8 Å². The van der Waals surface area contributed by atoms with Crippen LogP contribution in [0.15, 0.2) is 54.6 Å². The van der Waals surface area contributed by atoms with Crippen LogP contribution in [0.2, 0.25) is 0 Å². The van der Waals surface area contributed by atoms with E-state index in [9.17, 15) is 48.6 Å². The lowest BCUT2D eigenvalue weighted by atomic mass is 9.99. The Morgan fingerprint density at radius 2 is 1.11 bits per heavy atom. The molecule has 12 N–H and O–H groups in total. The van der Waals surface area contributed by atoms with Gasteiger partial charge in [0.1, 0.15) is 36.0 Å². The van der Waals surface area contributed by atoms with Crippen molar-refractivity contribution < 1.29 is 48.6 Å². The van der Waals surface area contributed by atoms with Crippen LogP contribution in [0.25, 0.3) is 0 Å². The number of hydrogen-bond acceptors (Lipinski definition) is 10. The highest BCUT2D eigenvalue weighted by molar-refractivity contribution is 5.98. The summed E-state index contributed by atoms with van der Waals surface area (Å²) in [6, 6.07) is 6.87. The van der Waals surface area contributed by atoms with Crippen molar-refractivity contribution >= 4 is 47.3 Å². The number of carboxylic acid groups (broad SMARTS) is 1. The number of nitrogens with one attached hydrogen (secondary N) is 6. The molecule has 0 aliphatic heterocycles. The third-order valence-corrected chi connectivity index (χ3v) is 8.34. The summed E-state index contributed by atoms with van der Waals surface area (Å²) in [4.78, 5) is 102. The van der Waals surface area contributed by atoms with Crippen molar-refractivity contribution in [2.45, 2.75) is 90.1 Å². The summed E-state index contributed by atoms with van der Waals surface area (Å²) in [6.45, 7) is 7.39. The van der Waals surface area contributed by atoms with Crippen LogP contribution in [-0.4, -0.2) is 100 Å². The molecular weight excluding hydrogens is 716 g/mol. The Labute approximate surface area is 318 Å². The molecule has 2 aromatic rings. The first-order chi connectivity index (χ1) is 25.8. The van der Waals surface area contributed by atoms with Crippen molar-refractivity contribution in [3.63, 3.8) is 0 Å². The van der Waals surface area contributed by atoms with Crippen LogP contribution in [0.3, 0.4) is 0 Å². The summed E-state index contributed by atoms with van der Waals surface area (Å²) >= 11 is 0. The summed E-state index contributed by atoms with van der Waals surface area (Å²) in [5.41, 5.74) is 12.4. The first-order valence-corrected chi connectivity index (χ1v) is 17.7. The Bertz CT molecular complexity index is 1670. The number of benzene rings is 2. The molecule has 300 valence electrons. The highest BCUT2D eigenvalue weighted by Crippen LogP contribution is 2.12. The van der Waals surface area contributed by atoms with Crippen molar-refractivity contribution in [2.24, 2.45) is 23.3 Å². The van der Waals surface area contributed by atoms with E-state index in [1.54, 1.807) is 70.2 Å². The average Bonchev–Trinajstić information content (AvgIpc) is 3.11. The molecule has 2 rings (SSSR count). The average molecular weight is 769 g/mol. The highest BCUT2D eigenvalue weighted by atomic mass is 16.4. The fraction of sp³-hybridized carbons (Fsp3) is 0.459. The van der Waals surface area contributed by atoms with Gasteiger partial charge >= 0.3 is 5.97 Å². The van der Waals surface area contributed by atoms with Gasteiger partial charge in [-0.2, -0.15) is 0 Å². The van der Waals surface area contributed by atoms with Gasteiger partial charge in [0.05, 0.1) is 19.0 Å². The second-order valence-corrected chi connectivity index (χ2v) is 13.8. The number of hydrogen-bond donors (Lipinski definition) is 10. The number of carbonyl (C=O) groups excluding carboxylic acids is 7. The molecule has 0 spiro atoms. The zero-order valence-corrected chi connectivity index (χ0v) is 31.5.